The van der Waals surface area contributed by atoms with Gasteiger partial charge in [-0.2, -0.15) is 0 Å². The molecule has 23 heavy (non-hydrogen) atoms. The zero-order chi connectivity index (χ0) is 17.4. The van der Waals surface area contributed by atoms with Crippen molar-refractivity contribution in [2.45, 2.75) is 27.7 Å². The van der Waals surface area contributed by atoms with E-state index in [0.717, 1.165) is 0 Å². The average molecular weight is 318 g/mol. The highest BCUT2D eigenvalue weighted by Gasteiger charge is 2.65. The number of rotatable bonds is 5. The molecule has 0 spiro atoms. The van der Waals surface area contributed by atoms with Gasteiger partial charge in [0.15, 0.2) is 0 Å². The van der Waals surface area contributed by atoms with Crippen molar-refractivity contribution in [3.05, 3.63) is 24.3 Å². The average Bonchev–Trinajstić information content (AvgIpc) is 3.02. The van der Waals surface area contributed by atoms with Gasteiger partial charge in [-0.15, -0.1) is 0 Å². The van der Waals surface area contributed by atoms with Crippen molar-refractivity contribution in [3.8, 4) is 0 Å². The molecule has 0 aliphatic heterocycles. The van der Waals surface area contributed by atoms with Crippen molar-refractivity contribution >= 4 is 29.2 Å². The first-order valence-corrected chi connectivity index (χ1v) is 7.59. The summed E-state index contributed by atoms with van der Waals surface area (Å²) >= 11 is 0. The van der Waals surface area contributed by atoms with Gasteiger partial charge < -0.3 is 15.7 Å². The summed E-state index contributed by atoms with van der Waals surface area (Å²) in [6.07, 6.45) is 0. The minimum atomic E-state index is -0.951. The molecule has 0 unspecified atom stereocenters. The van der Waals surface area contributed by atoms with Crippen LogP contribution in [-0.4, -0.2) is 22.9 Å². The number of carboxylic acid groups (broad SMARTS) is 1. The number of carbonyl (C=O) groups is 3. The summed E-state index contributed by atoms with van der Waals surface area (Å²) in [5.41, 5.74) is 0.578. The highest BCUT2D eigenvalue weighted by molar-refractivity contribution is 6.00. The van der Waals surface area contributed by atoms with Gasteiger partial charge in [-0.1, -0.05) is 33.8 Å². The van der Waals surface area contributed by atoms with E-state index in [1.165, 1.54) is 0 Å². The van der Waals surface area contributed by atoms with Gasteiger partial charge in [0.1, 0.15) is 0 Å². The van der Waals surface area contributed by atoms with Crippen molar-refractivity contribution in [2.24, 2.45) is 23.2 Å². The van der Waals surface area contributed by atoms with Gasteiger partial charge in [0.25, 0.3) is 0 Å². The highest BCUT2D eigenvalue weighted by atomic mass is 16.4. The topological polar surface area (TPSA) is 95.5 Å². The molecule has 2 atom stereocenters. The van der Waals surface area contributed by atoms with Crippen LogP contribution in [0.4, 0.5) is 11.4 Å². The van der Waals surface area contributed by atoms with Gasteiger partial charge >= 0.3 is 5.97 Å². The predicted molar refractivity (Wildman–Crippen MR) is 86.9 cm³/mol. The first-order chi connectivity index (χ1) is 10.6. The number of carbonyl (C=O) groups excluding carboxylic acids is 2. The number of anilines is 2. The van der Waals surface area contributed by atoms with E-state index >= 15 is 0 Å². The molecule has 1 aromatic carbocycles. The molecule has 6 heteroatoms. The quantitative estimate of drug-likeness (QED) is 0.777. The summed E-state index contributed by atoms with van der Waals surface area (Å²) in [7, 11) is 0. The molecule has 1 aliphatic rings. The lowest BCUT2D eigenvalue weighted by Crippen LogP contribution is -2.19. The lowest BCUT2D eigenvalue weighted by molar-refractivity contribution is -0.140. The Bertz CT molecular complexity index is 652. The molecular weight excluding hydrogens is 296 g/mol. The largest absolute Gasteiger partial charge is 0.481 e. The van der Waals surface area contributed by atoms with Crippen LogP contribution in [0.2, 0.25) is 0 Å². The molecule has 0 aromatic heterocycles. The molecule has 0 radical (unpaired) electrons. The van der Waals surface area contributed by atoms with Gasteiger partial charge in [0.2, 0.25) is 11.8 Å². The van der Waals surface area contributed by atoms with E-state index in [1.54, 1.807) is 52.0 Å². The maximum atomic E-state index is 12.3. The normalized spacial score (nSPS) is 21.6. The third-order valence-electron chi connectivity index (χ3n) is 4.30. The van der Waals surface area contributed by atoms with E-state index in [9.17, 15) is 14.4 Å². The third-order valence-corrected chi connectivity index (χ3v) is 4.30. The van der Waals surface area contributed by atoms with Crippen LogP contribution in [0.1, 0.15) is 27.7 Å². The Labute approximate surface area is 135 Å². The summed E-state index contributed by atoms with van der Waals surface area (Å²) in [6, 6.07) is 6.81. The van der Waals surface area contributed by atoms with Crippen LogP contribution in [0.3, 0.4) is 0 Å². The number of hydrogen-bond acceptors (Lipinski definition) is 3. The summed E-state index contributed by atoms with van der Waals surface area (Å²) in [5.74, 6) is -2.72. The van der Waals surface area contributed by atoms with E-state index in [4.69, 9.17) is 5.11 Å². The first-order valence-electron chi connectivity index (χ1n) is 7.59. The smallest absolute Gasteiger partial charge is 0.307 e. The van der Waals surface area contributed by atoms with Gasteiger partial charge in [-0.05, 0) is 23.6 Å². The minimum Gasteiger partial charge on any atom is -0.481 e. The monoisotopic (exact) mass is 318 g/mol. The number of hydrogen-bond donors (Lipinski definition) is 3. The summed E-state index contributed by atoms with van der Waals surface area (Å²) < 4.78 is 0. The van der Waals surface area contributed by atoms with E-state index in [2.05, 4.69) is 10.6 Å². The Kier molecular flexibility index (Phi) is 4.45. The Balaban J connectivity index is 2.05. The highest BCUT2D eigenvalue weighted by Crippen LogP contribution is 2.58. The second-order valence-corrected chi connectivity index (χ2v) is 6.83. The standard InChI is InChI=1S/C17H22N2O4/c1-9(2)14(20)18-10-6-5-7-11(8-10)19-15(21)12-13(16(22)23)17(12,3)4/h5-9,12-13H,1-4H3,(H,18,20)(H,19,21)(H,22,23)/t12-,13+/m1/s1. The Hall–Kier alpha value is -2.37. The Morgan fingerprint density at radius 3 is 2.13 bits per heavy atom. The molecule has 1 aromatic rings. The summed E-state index contributed by atoms with van der Waals surface area (Å²) in [5, 5.41) is 14.6. The predicted octanol–water partition coefficient (Wildman–Crippen LogP) is 2.58. The van der Waals surface area contributed by atoms with Gasteiger partial charge in [-0.25, -0.2) is 0 Å². The van der Waals surface area contributed by atoms with Gasteiger partial charge in [0, 0.05) is 17.3 Å². The lowest BCUT2D eigenvalue weighted by atomic mass is 10.1. The fourth-order valence-electron chi connectivity index (χ4n) is 2.77. The molecule has 3 N–H and O–H groups in total. The lowest BCUT2D eigenvalue weighted by Gasteiger charge is -2.10. The van der Waals surface area contributed by atoms with Crippen LogP contribution in [0.15, 0.2) is 24.3 Å². The second kappa shape index (κ2) is 6.02. The molecule has 6 nitrogen and oxygen atoms in total. The maximum absolute atomic E-state index is 12.3. The van der Waals surface area contributed by atoms with Crippen molar-refractivity contribution in [1.29, 1.82) is 0 Å². The fraction of sp³-hybridized carbons (Fsp3) is 0.471. The molecule has 1 saturated carbocycles. The Morgan fingerprint density at radius 1 is 1.09 bits per heavy atom. The SMILES string of the molecule is CC(C)C(=O)Nc1cccc(NC(=O)[C@H]2[C@@H](C(=O)O)C2(C)C)c1. The Morgan fingerprint density at radius 2 is 1.65 bits per heavy atom. The summed E-state index contributed by atoms with van der Waals surface area (Å²) in [4.78, 5) is 35.1. The van der Waals surface area contributed by atoms with Crippen LogP contribution in [0, 0.1) is 23.2 Å². The van der Waals surface area contributed by atoms with Gasteiger partial charge in [-0.3, -0.25) is 14.4 Å². The zero-order valence-electron chi connectivity index (χ0n) is 13.7. The van der Waals surface area contributed by atoms with Crippen LogP contribution in [0.5, 0.6) is 0 Å². The molecule has 0 heterocycles. The molecule has 124 valence electrons. The number of nitrogens with one attached hydrogen (secondary N) is 2. The number of amides is 2. The number of carboxylic acids is 1. The molecule has 2 amide bonds. The van der Waals surface area contributed by atoms with E-state index in [0.29, 0.717) is 11.4 Å². The van der Waals surface area contributed by atoms with Crippen molar-refractivity contribution in [1.82, 2.24) is 0 Å². The van der Waals surface area contributed by atoms with E-state index < -0.39 is 23.2 Å². The first kappa shape index (κ1) is 17.0. The van der Waals surface area contributed by atoms with Crippen molar-refractivity contribution < 1.29 is 19.5 Å². The minimum absolute atomic E-state index is 0.109. The zero-order valence-corrected chi connectivity index (χ0v) is 13.7. The van der Waals surface area contributed by atoms with Crippen LogP contribution in [0.25, 0.3) is 0 Å². The van der Waals surface area contributed by atoms with Crippen LogP contribution >= 0.6 is 0 Å². The van der Waals surface area contributed by atoms with E-state index in [1.807, 2.05) is 0 Å². The van der Waals surface area contributed by atoms with Crippen LogP contribution in [-0.2, 0) is 14.4 Å². The van der Waals surface area contributed by atoms with E-state index in [-0.39, 0.29) is 17.7 Å². The number of benzene rings is 1. The molecule has 2 rings (SSSR count). The van der Waals surface area contributed by atoms with Crippen molar-refractivity contribution in [3.63, 3.8) is 0 Å². The summed E-state index contributed by atoms with van der Waals surface area (Å²) in [6.45, 7) is 7.13. The van der Waals surface area contributed by atoms with Crippen LogP contribution < -0.4 is 10.6 Å². The molecule has 0 bridgehead atoms. The van der Waals surface area contributed by atoms with Gasteiger partial charge in [0.05, 0.1) is 11.8 Å². The third kappa shape index (κ3) is 3.52. The number of aliphatic carboxylic acids is 1. The molecule has 1 aliphatic carbocycles. The molecule has 1 fully saturated rings. The van der Waals surface area contributed by atoms with Crippen molar-refractivity contribution in [2.75, 3.05) is 10.6 Å². The molecule has 0 saturated heterocycles. The maximum Gasteiger partial charge on any atom is 0.307 e. The fourth-order valence-corrected chi connectivity index (χ4v) is 2.77. The molecular formula is C17H22N2O4. The second-order valence-electron chi connectivity index (χ2n) is 6.83.